The number of hydrogen-bond acceptors (Lipinski definition) is 3. The van der Waals surface area contributed by atoms with Crippen LogP contribution in [0.5, 0.6) is 0 Å². The van der Waals surface area contributed by atoms with Crippen molar-refractivity contribution >= 4 is 50.8 Å². The molecule has 0 saturated carbocycles. The zero-order valence-electron chi connectivity index (χ0n) is 15.5. The van der Waals surface area contributed by atoms with Crippen molar-refractivity contribution in [2.24, 2.45) is 19.3 Å². The predicted molar refractivity (Wildman–Crippen MR) is 115 cm³/mol. The highest BCUT2D eigenvalue weighted by molar-refractivity contribution is 6.36. The third-order valence-corrected chi connectivity index (χ3v) is 5.68. The van der Waals surface area contributed by atoms with Crippen LogP contribution in [-0.4, -0.2) is 20.1 Å². The second kappa shape index (κ2) is 6.69. The summed E-state index contributed by atoms with van der Waals surface area (Å²) in [6.45, 7) is 1.74. The molecule has 0 aliphatic carbocycles. The van der Waals surface area contributed by atoms with E-state index in [1.807, 2.05) is 35.9 Å². The third kappa shape index (κ3) is 2.70. The van der Waals surface area contributed by atoms with Crippen LogP contribution in [0, 0.1) is 0 Å². The summed E-state index contributed by atoms with van der Waals surface area (Å²) in [4.78, 5) is 13.1. The molecule has 142 valence electrons. The van der Waals surface area contributed by atoms with E-state index in [9.17, 15) is 4.79 Å². The Balaban J connectivity index is 2.13. The van der Waals surface area contributed by atoms with Crippen LogP contribution in [0.1, 0.15) is 12.5 Å². The van der Waals surface area contributed by atoms with Crippen molar-refractivity contribution in [3.63, 3.8) is 0 Å². The van der Waals surface area contributed by atoms with Gasteiger partial charge in [-0.3, -0.25) is 9.36 Å². The van der Waals surface area contributed by atoms with Crippen LogP contribution in [0.4, 0.5) is 0 Å². The first-order valence-corrected chi connectivity index (χ1v) is 9.35. The summed E-state index contributed by atoms with van der Waals surface area (Å²) in [6, 6.07) is 12.8. The number of aromatic nitrogens is 2. The predicted octanol–water partition coefficient (Wildman–Crippen LogP) is 5.20. The van der Waals surface area contributed by atoms with Crippen LogP contribution in [0.2, 0.25) is 10.0 Å². The average molecular weight is 414 g/mol. The van der Waals surface area contributed by atoms with Gasteiger partial charge >= 0.3 is 0 Å². The number of halogens is 2. The zero-order chi connectivity index (χ0) is 20.2. The maximum atomic E-state index is 13.1. The number of aryl methyl sites for hydroxylation is 2. The molecule has 0 aliphatic rings. The lowest BCUT2D eigenvalue weighted by molar-refractivity contribution is 0.319. The molecule has 7 heteroatoms. The molecule has 4 rings (SSSR count). The van der Waals surface area contributed by atoms with E-state index in [0.29, 0.717) is 26.9 Å². The molecule has 0 saturated heterocycles. The van der Waals surface area contributed by atoms with Crippen molar-refractivity contribution in [3.8, 4) is 11.1 Å². The van der Waals surface area contributed by atoms with Crippen molar-refractivity contribution in [2.45, 2.75) is 6.92 Å². The Kier molecular flexibility index (Phi) is 4.44. The van der Waals surface area contributed by atoms with E-state index in [2.05, 4.69) is 5.16 Å². The van der Waals surface area contributed by atoms with Gasteiger partial charge in [0.05, 0.1) is 16.3 Å². The van der Waals surface area contributed by atoms with E-state index in [1.54, 1.807) is 36.7 Å². The van der Waals surface area contributed by atoms with E-state index in [4.69, 9.17) is 28.4 Å². The molecular formula is C21H17Cl2N3O2. The molecule has 0 unspecified atom stereocenters. The van der Waals surface area contributed by atoms with Gasteiger partial charge in [-0.25, -0.2) is 0 Å². The number of nitrogens with zero attached hydrogens (tertiary/aromatic N) is 3. The lowest BCUT2D eigenvalue weighted by atomic mass is 10.0. The van der Waals surface area contributed by atoms with E-state index in [0.717, 1.165) is 27.5 Å². The number of hydrogen-bond donors (Lipinski definition) is 1. The minimum absolute atomic E-state index is 0.143. The van der Waals surface area contributed by atoms with Gasteiger partial charge in [0.1, 0.15) is 5.65 Å². The smallest absolute Gasteiger partial charge is 0.259 e. The Morgan fingerprint density at radius 2 is 1.71 bits per heavy atom. The van der Waals surface area contributed by atoms with Gasteiger partial charge in [0.25, 0.3) is 5.56 Å². The average Bonchev–Trinajstić information content (AvgIpc) is 2.96. The lowest BCUT2D eigenvalue weighted by Gasteiger charge is -2.09. The fourth-order valence-electron chi connectivity index (χ4n) is 3.67. The van der Waals surface area contributed by atoms with Crippen molar-refractivity contribution < 1.29 is 5.21 Å². The first kappa shape index (κ1) is 18.6. The topological polar surface area (TPSA) is 59.5 Å². The van der Waals surface area contributed by atoms with Gasteiger partial charge in [-0.15, -0.1) is 0 Å². The molecule has 1 N–H and O–H groups in total. The Labute approximate surface area is 171 Å². The number of rotatable bonds is 2. The number of oxime groups is 1. The first-order valence-electron chi connectivity index (χ1n) is 8.60. The largest absolute Gasteiger partial charge is 0.411 e. The zero-order valence-corrected chi connectivity index (χ0v) is 17.0. The highest BCUT2D eigenvalue weighted by Gasteiger charge is 2.18. The second-order valence-corrected chi connectivity index (χ2v) is 7.60. The summed E-state index contributed by atoms with van der Waals surface area (Å²) >= 11 is 12.4. The molecule has 2 aromatic heterocycles. The van der Waals surface area contributed by atoms with E-state index >= 15 is 0 Å². The summed E-state index contributed by atoms with van der Waals surface area (Å²) in [5.74, 6) is 0. The summed E-state index contributed by atoms with van der Waals surface area (Å²) < 4.78 is 3.61. The van der Waals surface area contributed by atoms with Gasteiger partial charge in [0.15, 0.2) is 0 Å². The van der Waals surface area contributed by atoms with Gasteiger partial charge < -0.3 is 9.77 Å². The molecule has 0 fully saturated rings. The van der Waals surface area contributed by atoms with Gasteiger partial charge in [-0.2, -0.15) is 0 Å². The maximum Gasteiger partial charge on any atom is 0.259 e. The van der Waals surface area contributed by atoms with Crippen molar-refractivity contribution in [1.82, 2.24) is 9.13 Å². The molecule has 0 atom stereocenters. The molecule has 5 nitrogen and oxygen atoms in total. The Bertz CT molecular complexity index is 1350. The molecule has 0 spiro atoms. The van der Waals surface area contributed by atoms with Gasteiger partial charge in [0, 0.05) is 41.0 Å². The monoisotopic (exact) mass is 413 g/mol. The SMILES string of the molecule is CC(=NO)c1ccc2c(c1)c1cc(-c3ccc(Cl)cc3Cl)c(=O)n(C)c1n2C. The van der Waals surface area contributed by atoms with E-state index < -0.39 is 0 Å². The molecule has 28 heavy (non-hydrogen) atoms. The van der Waals surface area contributed by atoms with Gasteiger partial charge in [-0.05, 0) is 42.8 Å². The number of fused-ring (bicyclic) bond motifs is 3. The molecular weight excluding hydrogens is 397 g/mol. The summed E-state index contributed by atoms with van der Waals surface area (Å²) in [5, 5.41) is 15.2. The maximum absolute atomic E-state index is 13.1. The minimum atomic E-state index is -0.143. The molecule has 0 radical (unpaired) electrons. The van der Waals surface area contributed by atoms with Crippen LogP contribution < -0.4 is 5.56 Å². The fourth-order valence-corrected chi connectivity index (χ4v) is 4.18. The minimum Gasteiger partial charge on any atom is -0.411 e. The Hall–Kier alpha value is -2.76. The molecule has 4 aromatic rings. The van der Waals surface area contributed by atoms with Crippen LogP contribution >= 0.6 is 23.2 Å². The normalized spacial score (nSPS) is 12.2. The van der Waals surface area contributed by atoms with Crippen LogP contribution in [-0.2, 0) is 14.1 Å². The van der Waals surface area contributed by atoms with Crippen molar-refractivity contribution in [2.75, 3.05) is 0 Å². The quantitative estimate of drug-likeness (QED) is 0.278. The molecule has 2 heterocycles. The molecule has 0 amide bonds. The highest BCUT2D eigenvalue weighted by Crippen LogP contribution is 2.33. The second-order valence-electron chi connectivity index (χ2n) is 6.76. The standard InChI is InChI=1S/C21H17Cl2N3O2/c1-11(24-28)12-4-7-19-15(8-12)16-10-17(14-6-5-13(22)9-18(14)23)21(27)26(3)20(16)25(19)2/h4-10,28H,1-3H3. The summed E-state index contributed by atoms with van der Waals surface area (Å²) in [6.07, 6.45) is 0. The van der Waals surface area contributed by atoms with Crippen LogP contribution in [0.15, 0.2) is 52.4 Å². The molecule has 0 bridgehead atoms. The molecule has 2 aromatic carbocycles. The number of benzene rings is 2. The fraction of sp³-hybridized carbons (Fsp3) is 0.143. The summed E-state index contributed by atoms with van der Waals surface area (Å²) in [5.41, 5.74) is 4.09. The summed E-state index contributed by atoms with van der Waals surface area (Å²) in [7, 11) is 3.67. The van der Waals surface area contributed by atoms with Crippen molar-refractivity contribution in [1.29, 1.82) is 0 Å². The lowest BCUT2D eigenvalue weighted by Crippen LogP contribution is -2.20. The Morgan fingerprint density at radius 1 is 0.964 bits per heavy atom. The van der Waals surface area contributed by atoms with Gasteiger partial charge in [-0.1, -0.05) is 40.5 Å². The van der Waals surface area contributed by atoms with E-state index in [1.165, 1.54) is 0 Å². The van der Waals surface area contributed by atoms with E-state index in [-0.39, 0.29) is 5.56 Å². The third-order valence-electron chi connectivity index (χ3n) is 5.14. The highest BCUT2D eigenvalue weighted by atomic mass is 35.5. The molecule has 0 aliphatic heterocycles. The van der Waals surface area contributed by atoms with Crippen LogP contribution in [0.25, 0.3) is 33.1 Å². The number of pyridine rings is 1. The van der Waals surface area contributed by atoms with Crippen molar-refractivity contribution in [3.05, 3.63) is 68.4 Å². The Morgan fingerprint density at radius 3 is 2.39 bits per heavy atom. The first-order chi connectivity index (χ1) is 13.3. The van der Waals surface area contributed by atoms with Gasteiger partial charge in [0.2, 0.25) is 0 Å². The van der Waals surface area contributed by atoms with Crippen LogP contribution in [0.3, 0.4) is 0 Å².